The number of hydrogen-bond donors (Lipinski definition) is 1. The average molecular weight is 303 g/mol. The molecule has 3 heteroatoms. The van der Waals surface area contributed by atoms with Gasteiger partial charge in [0.15, 0.2) is 0 Å². The summed E-state index contributed by atoms with van der Waals surface area (Å²) in [6.07, 6.45) is 6.13. The number of hydrogen-bond acceptors (Lipinski definition) is 3. The van der Waals surface area contributed by atoms with Crippen molar-refractivity contribution in [3.05, 3.63) is 29.8 Å². The van der Waals surface area contributed by atoms with Gasteiger partial charge in [-0.1, -0.05) is 18.6 Å². The van der Waals surface area contributed by atoms with Gasteiger partial charge in [0.25, 0.3) is 0 Å². The third-order valence-electron chi connectivity index (χ3n) is 5.31. The normalized spacial score (nSPS) is 26.6. The highest BCUT2D eigenvalue weighted by atomic mass is 16.5. The molecule has 2 fully saturated rings. The van der Waals surface area contributed by atoms with Crippen molar-refractivity contribution in [2.45, 2.75) is 45.1 Å². The van der Waals surface area contributed by atoms with Crippen LogP contribution in [-0.4, -0.2) is 36.2 Å². The van der Waals surface area contributed by atoms with E-state index < -0.39 is 0 Å². The van der Waals surface area contributed by atoms with Crippen LogP contribution in [0.5, 0.6) is 5.75 Å². The molecule has 1 saturated carbocycles. The summed E-state index contributed by atoms with van der Waals surface area (Å²) in [7, 11) is 0. The highest BCUT2D eigenvalue weighted by Crippen LogP contribution is 2.36. The fraction of sp³-hybridized carbons (Fsp3) is 0.684. The Morgan fingerprint density at radius 3 is 2.73 bits per heavy atom. The van der Waals surface area contributed by atoms with Gasteiger partial charge < -0.3 is 14.7 Å². The maximum Gasteiger partial charge on any atom is 0.119 e. The van der Waals surface area contributed by atoms with E-state index >= 15 is 0 Å². The number of rotatable bonds is 6. The summed E-state index contributed by atoms with van der Waals surface area (Å²) < 4.78 is 5.45. The topological polar surface area (TPSA) is 32.7 Å². The highest BCUT2D eigenvalue weighted by Gasteiger charge is 2.29. The number of nitrogens with zero attached hydrogens (tertiary/aromatic N) is 1. The molecule has 1 aromatic rings. The summed E-state index contributed by atoms with van der Waals surface area (Å²) in [5, 5.41) is 10.4. The zero-order chi connectivity index (χ0) is 15.4. The number of aliphatic hydroxyl groups is 1. The standard InChI is InChI=1S/C19H29NO2/c1-2-22-18-7-5-17(6-8-18)19(21)10-12-20-11-9-15-3-4-16(13-15)14-20/h5-8,15-16,19,21H,2-4,9-14H2,1H3/t15-,16-,19-/m0/s1. The minimum Gasteiger partial charge on any atom is -0.494 e. The summed E-state index contributed by atoms with van der Waals surface area (Å²) in [5.74, 6) is 2.77. The van der Waals surface area contributed by atoms with Crippen LogP contribution >= 0.6 is 0 Å². The monoisotopic (exact) mass is 303 g/mol. The van der Waals surface area contributed by atoms with Crippen molar-refractivity contribution in [2.75, 3.05) is 26.2 Å². The molecule has 1 N–H and O–H groups in total. The third-order valence-corrected chi connectivity index (χ3v) is 5.31. The lowest BCUT2D eigenvalue weighted by Gasteiger charge is -2.25. The number of benzene rings is 1. The van der Waals surface area contributed by atoms with Crippen molar-refractivity contribution in [1.29, 1.82) is 0 Å². The Balaban J connectivity index is 1.48. The number of fused-ring (bicyclic) bond motifs is 2. The molecule has 1 aliphatic heterocycles. The Morgan fingerprint density at radius 1 is 1.18 bits per heavy atom. The van der Waals surface area contributed by atoms with Gasteiger partial charge in [-0.3, -0.25) is 0 Å². The number of aliphatic hydroxyl groups excluding tert-OH is 1. The number of ether oxygens (including phenoxy) is 1. The molecular weight excluding hydrogens is 274 g/mol. The molecular formula is C19H29NO2. The van der Waals surface area contributed by atoms with E-state index in [1.165, 1.54) is 38.8 Å². The van der Waals surface area contributed by atoms with Crippen LogP contribution in [0.1, 0.15) is 50.7 Å². The maximum absolute atomic E-state index is 10.4. The van der Waals surface area contributed by atoms with Crippen LogP contribution in [0, 0.1) is 11.8 Å². The smallest absolute Gasteiger partial charge is 0.119 e. The van der Waals surface area contributed by atoms with Crippen molar-refractivity contribution in [1.82, 2.24) is 4.90 Å². The second-order valence-corrected chi connectivity index (χ2v) is 6.94. The van der Waals surface area contributed by atoms with Crippen LogP contribution in [0.4, 0.5) is 0 Å². The Labute approximate surface area is 134 Å². The Morgan fingerprint density at radius 2 is 1.95 bits per heavy atom. The van der Waals surface area contributed by atoms with Gasteiger partial charge in [-0.05, 0) is 68.7 Å². The predicted molar refractivity (Wildman–Crippen MR) is 89.1 cm³/mol. The van der Waals surface area contributed by atoms with E-state index in [1.807, 2.05) is 31.2 Å². The first-order chi connectivity index (χ1) is 10.7. The fourth-order valence-electron chi connectivity index (χ4n) is 4.06. The lowest BCUT2D eigenvalue weighted by atomic mass is 10.0. The molecule has 0 unspecified atom stereocenters. The fourth-order valence-corrected chi connectivity index (χ4v) is 4.06. The Kier molecular flexibility index (Phi) is 5.37. The van der Waals surface area contributed by atoms with Crippen molar-refractivity contribution >= 4 is 0 Å². The van der Waals surface area contributed by atoms with Gasteiger partial charge in [0.05, 0.1) is 12.7 Å². The molecule has 1 aromatic carbocycles. The molecule has 0 aromatic heterocycles. The van der Waals surface area contributed by atoms with E-state index in [2.05, 4.69) is 4.90 Å². The third kappa shape index (κ3) is 4.02. The summed E-state index contributed by atoms with van der Waals surface area (Å²) in [6, 6.07) is 7.87. The van der Waals surface area contributed by atoms with Crippen LogP contribution in [0.15, 0.2) is 24.3 Å². The number of likely N-dealkylation sites (tertiary alicyclic amines) is 1. The van der Waals surface area contributed by atoms with E-state index in [1.54, 1.807) is 0 Å². The lowest BCUT2D eigenvalue weighted by molar-refractivity contribution is 0.136. The molecule has 2 bridgehead atoms. The van der Waals surface area contributed by atoms with Gasteiger partial charge >= 0.3 is 0 Å². The van der Waals surface area contributed by atoms with Crippen LogP contribution in [0.25, 0.3) is 0 Å². The van der Waals surface area contributed by atoms with E-state index in [0.717, 1.165) is 36.1 Å². The minimum atomic E-state index is -0.365. The van der Waals surface area contributed by atoms with Gasteiger partial charge in [-0.25, -0.2) is 0 Å². The highest BCUT2D eigenvalue weighted by molar-refractivity contribution is 5.28. The van der Waals surface area contributed by atoms with Crippen molar-refractivity contribution < 1.29 is 9.84 Å². The van der Waals surface area contributed by atoms with Gasteiger partial charge in [-0.15, -0.1) is 0 Å². The Hall–Kier alpha value is -1.06. The summed E-state index contributed by atoms with van der Waals surface area (Å²) in [5.41, 5.74) is 1.000. The van der Waals surface area contributed by atoms with Crippen molar-refractivity contribution in [3.63, 3.8) is 0 Å². The first kappa shape index (κ1) is 15.8. The Bertz CT molecular complexity index is 459. The molecule has 0 amide bonds. The van der Waals surface area contributed by atoms with Gasteiger partial charge in [0, 0.05) is 13.1 Å². The predicted octanol–water partition coefficient (Wildman–Crippen LogP) is 3.63. The van der Waals surface area contributed by atoms with E-state index in [-0.39, 0.29) is 6.10 Å². The molecule has 2 aliphatic rings. The lowest BCUT2D eigenvalue weighted by Crippen LogP contribution is -2.30. The first-order valence-electron chi connectivity index (χ1n) is 8.87. The van der Waals surface area contributed by atoms with Crippen molar-refractivity contribution in [3.8, 4) is 5.75 Å². The van der Waals surface area contributed by atoms with E-state index in [9.17, 15) is 5.11 Å². The second-order valence-electron chi connectivity index (χ2n) is 6.94. The van der Waals surface area contributed by atoms with Crippen molar-refractivity contribution in [2.24, 2.45) is 11.8 Å². The van der Waals surface area contributed by atoms with Crippen LogP contribution in [0.3, 0.4) is 0 Å². The first-order valence-corrected chi connectivity index (χ1v) is 8.87. The molecule has 0 spiro atoms. The van der Waals surface area contributed by atoms with Gasteiger partial charge in [-0.2, -0.15) is 0 Å². The summed E-state index contributed by atoms with van der Waals surface area (Å²) in [6.45, 7) is 6.14. The molecule has 3 rings (SSSR count). The average Bonchev–Trinajstić information content (AvgIpc) is 2.87. The molecule has 1 aliphatic carbocycles. The molecule has 3 atom stereocenters. The van der Waals surface area contributed by atoms with Crippen LogP contribution < -0.4 is 4.74 Å². The summed E-state index contributed by atoms with van der Waals surface area (Å²) >= 11 is 0. The zero-order valence-electron chi connectivity index (χ0n) is 13.7. The molecule has 1 heterocycles. The van der Waals surface area contributed by atoms with E-state index in [0.29, 0.717) is 6.61 Å². The molecule has 0 radical (unpaired) electrons. The molecule has 22 heavy (non-hydrogen) atoms. The zero-order valence-corrected chi connectivity index (χ0v) is 13.7. The summed E-state index contributed by atoms with van der Waals surface area (Å²) in [4.78, 5) is 2.57. The molecule has 122 valence electrons. The van der Waals surface area contributed by atoms with E-state index in [4.69, 9.17) is 4.74 Å². The second kappa shape index (κ2) is 7.47. The van der Waals surface area contributed by atoms with Crippen LogP contribution in [0.2, 0.25) is 0 Å². The molecule has 1 saturated heterocycles. The van der Waals surface area contributed by atoms with Gasteiger partial charge in [0.2, 0.25) is 0 Å². The van der Waals surface area contributed by atoms with Crippen LogP contribution in [-0.2, 0) is 0 Å². The minimum absolute atomic E-state index is 0.365. The largest absolute Gasteiger partial charge is 0.494 e. The van der Waals surface area contributed by atoms with Gasteiger partial charge in [0.1, 0.15) is 5.75 Å². The SMILES string of the molecule is CCOc1ccc([C@@H](O)CCN2CC[C@@H]3CC[C@@H](C3)C2)cc1. The molecule has 3 nitrogen and oxygen atoms in total. The maximum atomic E-state index is 10.4. The quantitative estimate of drug-likeness (QED) is 0.871.